The summed E-state index contributed by atoms with van der Waals surface area (Å²) in [4.78, 5) is 26.1. The van der Waals surface area contributed by atoms with Crippen molar-refractivity contribution in [1.82, 2.24) is 19.9 Å². The van der Waals surface area contributed by atoms with E-state index in [0.717, 1.165) is 16.8 Å². The van der Waals surface area contributed by atoms with E-state index in [-0.39, 0.29) is 12.5 Å². The summed E-state index contributed by atoms with van der Waals surface area (Å²) in [5.41, 5.74) is 2.69. The molecular formula is C15H18N4O2. The first kappa shape index (κ1) is 15.1. The van der Waals surface area contributed by atoms with E-state index in [1.165, 1.54) is 7.11 Å². The highest BCUT2D eigenvalue weighted by Gasteiger charge is 2.14. The van der Waals surface area contributed by atoms with Crippen LogP contribution in [0.25, 0.3) is 11.1 Å². The molecule has 1 amide bonds. The molecule has 6 heteroatoms. The van der Waals surface area contributed by atoms with Gasteiger partial charge in [0.2, 0.25) is 5.91 Å². The molecule has 2 heterocycles. The van der Waals surface area contributed by atoms with Crippen molar-refractivity contribution in [3.8, 4) is 11.1 Å². The Hall–Kier alpha value is -2.34. The number of rotatable bonds is 5. The minimum Gasteiger partial charge on any atom is -0.375 e. The number of aryl methyl sites for hydroxylation is 1. The van der Waals surface area contributed by atoms with Gasteiger partial charge in [0.1, 0.15) is 12.4 Å². The molecule has 0 radical (unpaired) electrons. The maximum atomic E-state index is 11.8. The van der Waals surface area contributed by atoms with Crippen LogP contribution in [0.1, 0.15) is 11.5 Å². The minimum absolute atomic E-state index is 0.0607. The molecule has 0 bridgehead atoms. The van der Waals surface area contributed by atoms with E-state index in [9.17, 15) is 4.79 Å². The van der Waals surface area contributed by atoms with E-state index >= 15 is 0 Å². The van der Waals surface area contributed by atoms with E-state index in [1.807, 2.05) is 19.1 Å². The third-order valence-electron chi connectivity index (χ3n) is 3.06. The smallest absolute Gasteiger partial charge is 0.248 e. The molecule has 0 unspecified atom stereocenters. The maximum Gasteiger partial charge on any atom is 0.248 e. The van der Waals surface area contributed by atoms with E-state index in [1.54, 1.807) is 30.5 Å². The summed E-state index contributed by atoms with van der Waals surface area (Å²) >= 11 is 0. The van der Waals surface area contributed by atoms with Crippen LogP contribution in [0.3, 0.4) is 0 Å². The van der Waals surface area contributed by atoms with Crippen LogP contribution in [-0.2, 0) is 16.1 Å². The molecule has 0 aliphatic carbocycles. The van der Waals surface area contributed by atoms with Gasteiger partial charge in [-0.1, -0.05) is 0 Å². The largest absolute Gasteiger partial charge is 0.375 e. The van der Waals surface area contributed by atoms with Crippen LogP contribution in [0, 0.1) is 6.92 Å². The van der Waals surface area contributed by atoms with Crippen molar-refractivity contribution in [1.29, 1.82) is 0 Å². The van der Waals surface area contributed by atoms with Gasteiger partial charge in [-0.15, -0.1) is 0 Å². The molecule has 0 aromatic carbocycles. The normalized spacial score (nSPS) is 10.4. The molecule has 2 aromatic heterocycles. The molecule has 21 heavy (non-hydrogen) atoms. The Morgan fingerprint density at radius 3 is 2.71 bits per heavy atom. The van der Waals surface area contributed by atoms with Gasteiger partial charge in [0.25, 0.3) is 0 Å². The number of nitrogens with zero attached hydrogens (tertiary/aromatic N) is 4. The number of aromatic nitrogens is 3. The van der Waals surface area contributed by atoms with Gasteiger partial charge in [0, 0.05) is 38.3 Å². The molecular weight excluding hydrogens is 268 g/mol. The van der Waals surface area contributed by atoms with Gasteiger partial charge < -0.3 is 9.64 Å². The Bertz CT molecular complexity index is 616. The number of methoxy groups -OCH3 is 1. The summed E-state index contributed by atoms with van der Waals surface area (Å²) in [6.07, 6.45) is 5.22. The molecule has 0 N–H and O–H groups in total. The number of hydrogen-bond donors (Lipinski definition) is 0. The lowest BCUT2D eigenvalue weighted by molar-refractivity contribution is -0.134. The highest BCUT2D eigenvalue weighted by Crippen LogP contribution is 2.22. The fraction of sp³-hybridized carbons (Fsp3) is 0.333. The predicted octanol–water partition coefficient (Wildman–Crippen LogP) is 1.45. The van der Waals surface area contributed by atoms with E-state index in [0.29, 0.717) is 12.4 Å². The summed E-state index contributed by atoms with van der Waals surface area (Å²) in [6.45, 7) is 2.30. The summed E-state index contributed by atoms with van der Waals surface area (Å²) in [5.74, 6) is 0.588. The molecule has 0 aliphatic rings. The van der Waals surface area contributed by atoms with Crippen LogP contribution >= 0.6 is 0 Å². The number of hydrogen-bond acceptors (Lipinski definition) is 5. The first-order valence-electron chi connectivity index (χ1n) is 6.57. The lowest BCUT2D eigenvalue weighted by Gasteiger charge is -2.18. The van der Waals surface area contributed by atoms with E-state index in [4.69, 9.17) is 4.74 Å². The maximum absolute atomic E-state index is 11.8. The number of pyridine rings is 1. The van der Waals surface area contributed by atoms with Crippen LogP contribution in [0.5, 0.6) is 0 Å². The zero-order valence-corrected chi connectivity index (χ0v) is 12.4. The molecule has 0 atom stereocenters. The number of carbonyl (C=O) groups excluding carboxylic acids is 1. The molecule has 0 spiro atoms. The molecule has 0 fully saturated rings. The summed E-state index contributed by atoms with van der Waals surface area (Å²) in [7, 11) is 3.23. The second-order valence-corrected chi connectivity index (χ2v) is 4.70. The Balaban J connectivity index is 2.30. The van der Waals surface area contributed by atoms with Crippen molar-refractivity contribution in [2.24, 2.45) is 0 Å². The van der Waals surface area contributed by atoms with Gasteiger partial charge in [-0.2, -0.15) is 0 Å². The van der Waals surface area contributed by atoms with Gasteiger partial charge in [-0.3, -0.25) is 9.78 Å². The molecule has 110 valence electrons. The molecule has 2 aromatic rings. The van der Waals surface area contributed by atoms with E-state index < -0.39 is 0 Å². The first-order chi connectivity index (χ1) is 10.1. The van der Waals surface area contributed by atoms with Crippen molar-refractivity contribution in [2.75, 3.05) is 20.8 Å². The monoisotopic (exact) mass is 286 g/mol. The standard InChI is InChI=1S/C15H18N4O2/c1-11-17-8-13(12-4-6-16-7-5-12)14(18-11)9-19(2)15(20)10-21-3/h4-8H,9-10H2,1-3H3. The second kappa shape index (κ2) is 6.90. The number of amides is 1. The number of likely N-dealkylation sites (N-methyl/N-ethyl adjacent to an activating group) is 1. The topological polar surface area (TPSA) is 68.2 Å². The zero-order valence-electron chi connectivity index (χ0n) is 12.4. The van der Waals surface area contributed by atoms with Crippen LogP contribution in [0.15, 0.2) is 30.7 Å². The van der Waals surface area contributed by atoms with Crippen molar-refractivity contribution < 1.29 is 9.53 Å². The van der Waals surface area contributed by atoms with Crippen molar-refractivity contribution in [2.45, 2.75) is 13.5 Å². The van der Waals surface area contributed by atoms with Crippen molar-refractivity contribution >= 4 is 5.91 Å². The second-order valence-electron chi connectivity index (χ2n) is 4.70. The van der Waals surface area contributed by atoms with Crippen LogP contribution in [0.4, 0.5) is 0 Å². The predicted molar refractivity (Wildman–Crippen MR) is 78.4 cm³/mol. The molecule has 0 saturated heterocycles. The van der Waals surface area contributed by atoms with Crippen molar-refractivity contribution in [3.63, 3.8) is 0 Å². The molecule has 6 nitrogen and oxygen atoms in total. The Kier molecular flexibility index (Phi) is 4.94. The SMILES string of the molecule is COCC(=O)N(C)Cc1nc(C)ncc1-c1ccncc1. The lowest BCUT2D eigenvalue weighted by Crippen LogP contribution is -2.30. The van der Waals surface area contributed by atoms with Gasteiger partial charge in [0.05, 0.1) is 12.2 Å². The van der Waals surface area contributed by atoms with Gasteiger partial charge >= 0.3 is 0 Å². The minimum atomic E-state index is -0.0885. The van der Waals surface area contributed by atoms with Gasteiger partial charge in [0.15, 0.2) is 0 Å². The average molecular weight is 286 g/mol. The van der Waals surface area contributed by atoms with Crippen molar-refractivity contribution in [3.05, 3.63) is 42.2 Å². The van der Waals surface area contributed by atoms with Crippen LogP contribution in [-0.4, -0.2) is 46.5 Å². The molecule has 2 rings (SSSR count). The fourth-order valence-electron chi connectivity index (χ4n) is 1.96. The van der Waals surface area contributed by atoms with E-state index in [2.05, 4.69) is 15.0 Å². The Morgan fingerprint density at radius 1 is 1.33 bits per heavy atom. The van der Waals surface area contributed by atoms with Crippen LogP contribution < -0.4 is 0 Å². The third kappa shape index (κ3) is 3.82. The first-order valence-corrected chi connectivity index (χ1v) is 6.57. The summed E-state index contributed by atoms with van der Waals surface area (Å²) in [6, 6.07) is 3.79. The molecule has 0 aliphatic heterocycles. The summed E-state index contributed by atoms with van der Waals surface area (Å²) < 4.78 is 4.87. The fourth-order valence-corrected chi connectivity index (χ4v) is 1.96. The molecule has 0 saturated carbocycles. The highest BCUT2D eigenvalue weighted by molar-refractivity contribution is 5.77. The zero-order chi connectivity index (χ0) is 15.2. The number of carbonyl (C=O) groups is 1. The Morgan fingerprint density at radius 2 is 2.05 bits per heavy atom. The average Bonchev–Trinajstić information content (AvgIpc) is 2.48. The highest BCUT2D eigenvalue weighted by atomic mass is 16.5. The number of ether oxygens (including phenoxy) is 1. The van der Waals surface area contributed by atoms with Gasteiger partial charge in [-0.05, 0) is 24.6 Å². The third-order valence-corrected chi connectivity index (χ3v) is 3.06. The summed E-state index contributed by atoms with van der Waals surface area (Å²) in [5, 5.41) is 0. The van der Waals surface area contributed by atoms with Crippen LogP contribution in [0.2, 0.25) is 0 Å². The van der Waals surface area contributed by atoms with Gasteiger partial charge in [-0.25, -0.2) is 9.97 Å². The quantitative estimate of drug-likeness (QED) is 0.832. The Labute approximate surface area is 123 Å². The lowest BCUT2D eigenvalue weighted by atomic mass is 10.1.